The molecule has 0 amide bonds. The molecular formula is C14H13F3N2O3. The van der Waals surface area contributed by atoms with Crippen LogP contribution in [0.3, 0.4) is 0 Å². The van der Waals surface area contributed by atoms with Crippen LogP contribution in [0.5, 0.6) is 5.75 Å². The molecule has 1 heterocycles. The lowest BCUT2D eigenvalue weighted by atomic mass is 10.1. The number of aromatic nitrogens is 1. The van der Waals surface area contributed by atoms with Gasteiger partial charge in [-0.25, -0.2) is 4.79 Å². The number of carbonyl (C=O) groups is 1. The number of hydrogen-bond acceptors (Lipinski definition) is 4. The van der Waals surface area contributed by atoms with Crippen molar-refractivity contribution < 1.29 is 27.4 Å². The van der Waals surface area contributed by atoms with Gasteiger partial charge in [-0.15, -0.1) is 13.2 Å². The molecule has 0 spiro atoms. The van der Waals surface area contributed by atoms with Crippen molar-refractivity contribution >= 4 is 11.7 Å². The van der Waals surface area contributed by atoms with E-state index in [0.29, 0.717) is 11.3 Å². The zero-order valence-electron chi connectivity index (χ0n) is 11.5. The number of esters is 1. The minimum Gasteiger partial charge on any atom is -0.461 e. The Morgan fingerprint density at radius 2 is 1.91 bits per heavy atom. The van der Waals surface area contributed by atoms with E-state index in [2.05, 4.69) is 9.72 Å². The summed E-state index contributed by atoms with van der Waals surface area (Å²) in [6, 6.07) is 6.68. The average Bonchev–Trinajstić information content (AvgIpc) is 2.80. The lowest BCUT2D eigenvalue weighted by molar-refractivity contribution is -0.274. The van der Waals surface area contributed by atoms with Crippen molar-refractivity contribution in [3.63, 3.8) is 0 Å². The number of aromatic amines is 1. The van der Waals surface area contributed by atoms with E-state index < -0.39 is 12.3 Å². The van der Waals surface area contributed by atoms with Crippen molar-refractivity contribution in [2.75, 3.05) is 12.3 Å². The van der Waals surface area contributed by atoms with Crippen molar-refractivity contribution in [1.29, 1.82) is 0 Å². The van der Waals surface area contributed by atoms with Gasteiger partial charge in [0.15, 0.2) is 0 Å². The predicted octanol–water partition coefficient (Wildman–Crippen LogP) is 3.34. The zero-order chi connectivity index (χ0) is 16.3. The van der Waals surface area contributed by atoms with Gasteiger partial charge in [-0.1, -0.05) is 0 Å². The van der Waals surface area contributed by atoms with E-state index >= 15 is 0 Å². The number of alkyl halides is 3. The van der Waals surface area contributed by atoms with E-state index in [1.165, 1.54) is 30.3 Å². The zero-order valence-corrected chi connectivity index (χ0v) is 11.5. The van der Waals surface area contributed by atoms with E-state index in [-0.39, 0.29) is 23.7 Å². The Hall–Kier alpha value is -2.64. The van der Waals surface area contributed by atoms with Crippen LogP contribution in [0.4, 0.5) is 18.9 Å². The summed E-state index contributed by atoms with van der Waals surface area (Å²) in [6.07, 6.45) is -4.74. The van der Waals surface area contributed by atoms with Gasteiger partial charge in [0.2, 0.25) is 0 Å². The second-order valence-electron chi connectivity index (χ2n) is 4.31. The van der Waals surface area contributed by atoms with Crippen molar-refractivity contribution in [2.24, 2.45) is 0 Å². The molecule has 5 nitrogen and oxygen atoms in total. The third-order valence-electron chi connectivity index (χ3n) is 2.73. The maximum Gasteiger partial charge on any atom is 0.573 e. The molecule has 1 aromatic carbocycles. The molecule has 0 aliphatic rings. The third-order valence-corrected chi connectivity index (χ3v) is 2.73. The number of nitrogens with two attached hydrogens (primary N) is 1. The van der Waals surface area contributed by atoms with Gasteiger partial charge < -0.3 is 20.2 Å². The first-order valence-electron chi connectivity index (χ1n) is 6.32. The van der Waals surface area contributed by atoms with E-state index in [9.17, 15) is 18.0 Å². The summed E-state index contributed by atoms with van der Waals surface area (Å²) >= 11 is 0. The summed E-state index contributed by atoms with van der Waals surface area (Å²) in [5, 5.41) is 0. The second kappa shape index (κ2) is 6.00. The van der Waals surface area contributed by atoms with E-state index in [1.54, 1.807) is 6.92 Å². The predicted molar refractivity (Wildman–Crippen MR) is 73.3 cm³/mol. The van der Waals surface area contributed by atoms with Crippen LogP contribution >= 0.6 is 0 Å². The molecule has 0 aliphatic heterocycles. The molecule has 0 bridgehead atoms. The van der Waals surface area contributed by atoms with Crippen LogP contribution in [0, 0.1) is 0 Å². The number of halogens is 3. The SMILES string of the molecule is CCOC(=O)c1[nH]c(-c2ccc(OC(F)(F)F)cc2)cc1N. The van der Waals surface area contributed by atoms with Gasteiger partial charge in [0, 0.05) is 5.69 Å². The summed E-state index contributed by atoms with van der Waals surface area (Å²) in [7, 11) is 0. The number of anilines is 1. The fourth-order valence-electron chi connectivity index (χ4n) is 1.83. The maximum atomic E-state index is 12.1. The van der Waals surface area contributed by atoms with Gasteiger partial charge in [-0.3, -0.25) is 0 Å². The number of ether oxygens (including phenoxy) is 2. The molecule has 2 rings (SSSR count). The number of hydrogen-bond donors (Lipinski definition) is 2. The van der Waals surface area contributed by atoms with Crippen molar-refractivity contribution in [2.45, 2.75) is 13.3 Å². The van der Waals surface area contributed by atoms with Crippen molar-refractivity contribution in [3.05, 3.63) is 36.0 Å². The quantitative estimate of drug-likeness (QED) is 0.849. The smallest absolute Gasteiger partial charge is 0.461 e. The van der Waals surface area contributed by atoms with Crippen LogP contribution in [0.25, 0.3) is 11.3 Å². The summed E-state index contributed by atoms with van der Waals surface area (Å²) < 4.78 is 44.9. The largest absolute Gasteiger partial charge is 0.573 e. The van der Waals surface area contributed by atoms with Gasteiger partial charge in [-0.2, -0.15) is 0 Å². The summed E-state index contributed by atoms with van der Waals surface area (Å²) in [4.78, 5) is 14.4. The lowest BCUT2D eigenvalue weighted by Gasteiger charge is -2.08. The molecule has 118 valence electrons. The Morgan fingerprint density at radius 1 is 1.27 bits per heavy atom. The summed E-state index contributed by atoms with van der Waals surface area (Å²) in [6.45, 7) is 1.87. The Kier molecular flexibility index (Phi) is 4.30. The number of nitrogens with one attached hydrogen (secondary N) is 1. The minimum atomic E-state index is -4.74. The standard InChI is InChI=1S/C14H13F3N2O3/c1-2-21-13(20)12-10(18)7-11(19-12)8-3-5-9(6-4-8)22-14(15,16)17/h3-7,19H,2,18H2,1H3. The first-order chi connectivity index (χ1) is 10.3. The molecule has 0 radical (unpaired) electrons. The number of benzene rings is 1. The molecule has 0 saturated heterocycles. The van der Waals surface area contributed by atoms with Crippen LogP contribution in [0.15, 0.2) is 30.3 Å². The normalized spacial score (nSPS) is 11.3. The second-order valence-corrected chi connectivity index (χ2v) is 4.31. The Morgan fingerprint density at radius 3 is 2.45 bits per heavy atom. The molecule has 1 aromatic heterocycles. The molecule has 0 unspecified atom stereocenters. The van der Waals surface area contributed by atoms with Gasteiger partial charge >= 0.3 is 12.3 Å². The fraction of sp³-hybridized carbons (Fsp3) is 0.214. The summed E-state index contributed by atoms with van der Waals surface area (Å²) in [5.41, 5.74) is 7.06. The van der Waals surface area contributed by atoms with Gasteiger partial charge in [0.25, 0.3) is 0 Å². The molecule has 2 aromatic rings. The number of nitrogen functional groups attached to an aromatic ring is 1. The lowest BCUT2D eigenvalue weighted by Crippen LogP contribution is -2.16. The van der Waals surface area contributed by atoms with Crippen LogP contribution < -0.4 is 10.5 Å². The summed E-state index contributed by atoms with van der Waals surface area (Å²) in [5.74, 6) is -0.926. The van der Waals surface area contributed by atoms with Gasteiger partial charge in [0.05, 0.1) is 12.3 Å². The highest BCUT2D eigenvalue weighted by atomic mass is 19.4. The maximum absolute atomic E-state index is 12.1. The topological polar surface area (TPSA) is 77.3 Å². The van der Waals surface area contributed by atoms with E-state index in [1.807, 2.05) is 0 Å². The highest BCUT2D eigenvalue weighted by molar-refractivity contribution is 5.94. The third kappa shape index (κ3) is 3.72. The fourth-order valence-corrected chi connectivity index (χ4v) is 1.83. The Labute approximate surface area is 123 Å². The van der Waals surface area contributed by atoms with Crippen molar-refractivity contribution in [1.82, 2.24) is 4.98 Å². The molecule has 0 aliphatic carbocycles. The molecule has 0 atom stereocenters. The number of H-pyrrole nitrogens is 1. The Bertz CT molecular complexity index is 663. The molecule has 0 saturated carbocycles. The molecule has 8 heteroatoms. The molecular weight excluding hydrogens is 301 g/mol. The number of rotatable bonds is 4. The first-order valence-corrected chi connectivity index (χ1v) is 6.32. The van der Waals surface area contributed by atoms with E-state index in [4.69, 9.17) is 10.5 Å². The molecule has 22 heavy (non-hydrogen) atoms. The van der Waals surface area contributed by atoms with Gasteiger partial charge in [0.1, 0.15) is 11.4 Å². The molecule has 0 fully saturated rings. The minimum absolute atomic E-state index is 0.104. The number of carbonyl (C=O) groups excluding carboxylic acids is 1. The van der Waals surface area contributed by atoms with Crippen LogP contribution in [0.2, 0.25) is 0 Å². The average molecular weight is 314 g/mol. The van der Waals surface area contributed by atoms with Crippen LogP contribution in [-0.4, -0.2) is 23.9 Å². The first kappa shape index (κ1) is 15.7. The van der Waals surface area contributed by atoms with E-state index in [0.717, 1.165) is 0 Å². The van der Waals surface area contributed by atoms with Crippen molar-refractivity contribution in [3.8, 4) is 17.0 Å². The molecule has 3 N–H and O–H groups in total. The highest BCUT2D eigenvalue weighted by Gasteiger charge is 2.31. The Balaban J connectivity index is 2.22. The van der Waals surface area contributed by atoms with Crippen LogP contribution in [-0.2, 0) is 4.74 Å². The monoisotopic (exact) mass is 314 g/mol. The van der Waals surface area contributed by atoms with Gasteiger partial charge in [-0.05, 0) is 42.8 Å². The highest BCUT2D eigenvalue weighted by Crippen LogP contribution is 2.28. The van der Waals surface area contributed by atoms with Crippen LogP contribution in [0.1, 0.15) is 17.4 Å².